The van der Waals surface area contributed by atoms with Gasteiger partial charge in [0.05, 0.1) is 16.5 Å². The Hall–Kier alpha value is -2.90. The van der Waals surface area contributed by atoms with Crippen molar-refractivity contribution in [3.05, 3.63) is 89.0 Å². The maximum absolute atomic E-state index is 14.0. The molecule has 0 fully saturated rings. The minimum atomic E-state index is -0.618. The third kappa shape index (κ3) is 3.71. The smallest absolute Gasteiger partial charge is 0.320 e. The Balaban J connectivity index is 1.54. The molecular formula is C22H17FN2O2S2. The highest BCUT2D eigenvalue weighted by Gasteiger charge is 2.32. The first-order valence-electron chi connectivity index (χ1n) is 9.06. The number of carbonyl (C=O) groups excluding carboxylic acids is 1. The molecule has 4 rings (SSSR count). The van der Waals surface area contributed by atoms with E-state index in [9.17, 15) is 9.18 Å². The van der Waals surface area contributed by atoms with Gasteiger partial charge in [-0.25, -0.2) is 4.39 Å². The number of ether oxygens (including phenoxy) is 1. The van der Waals surface area contributed by atoms with Crippen LogP contribution in [-0.4, -0.2) is 20.4 Å². The Morgan fingerprint density at radius 3 is 2.55 bits per heavy atom. The molecule has 1 aliphatic rings. The van der Waals surface area contributed by atoms with Crippen molar-refractivity contribution in [1.82, 2.24) is 4.57 Å². The van der Waals surface area contributed by atoms with Crippen molar-refractivity contribution in [2.45, 2.75) is 18.9 Å². The first-order valence-corrected chi connectivity index (χ1v) is 9.87. The molecule has 1 atom stereocenters. The van der Waals surface area contributed by atoms with Crippen molar-refractivity contribution in [3.63, 3.8) is 0 Å². The summed E-state index contributed by atoms with van der Waals surface area (Å²) in [4.78, 5) is 13.4. The van der Waals surface area contributed by atoms with Gasteiger partial charge in [0, 0.05) is 23.9 Å². The lowest BCUT2D eigenvalue weighted by atomic mass is 10.1. The number of hydrogen-bond acceptors (Lipinski definition) is 4. The number of rotatable bonds is 5. The van der Waals surface area contributed by atoms with Crippen LogP contribution in [0.3, 0.4) is 0 Å². The van der Waals surface area contributed by atoms with E-state index in [0.717, 1.165) is 27.9 Å². The van der Waals surface area contributed by atoms with E-state index in [4.69, 9.17) is 34.9 Å². The van der Waals surface area contributed by atoms with Crippen LogP contribution >= 0.6 is 24.4 Å². The molecule has 0 spiro atoms. The van der Waals surface area contributed by atoms with Crippen LogP contribution in [0.2, 0.25) is 0 Å². The zero-order valence-corrected chi connectivity index (χ0v) is 16.9. The van der Waals surface area contributed by atoms with Crippen LogP contribution in [-0.2, 0) is 11.3 Å². The van der Waals surface area contributed by atoms with E-state index in [2.05, 4.69) is 4.57 Å². The number of nitrogens with zero attached hydrogens (tertiary/aromatic N) is 1. The summed E-state index contributed by atoms with van der Waals surface area (Å²) in [6.45, 7) is 0.666. The molecule has 4 nitrogen and oxygen atoms in total. The summed E-state index contributed by atoms with van der Waals surface area (Å²) in [5.74, 6) is -1.35. The Morgan fingerprint density at radius 1 is 1.10 bits per heavy atom. The summed E-state index contributed by atoms with van der Waals surface area (Å²) in [7, 11) is 0. The fraction of sp³-hybridized carbons (Fsp3) is 0.136. The fourth-order valence-corrected chi connectivity index (χ4v) is 4.04. The van der Waals surface area contributed by atoms with E-state index < -0.39 is 17.7 Å². The summed E-state index contributed by atoms with van der Waals surface area (Å²) in [5.41, 5.74) is 8.29. The number of hydrogen-bond donors (Lipinski definition) is 1. The molecule has 0 amide bonds. The summed E-state index contributed by atoms with van der Waals surface area (Å²) >= 11 is 10.4. The molecule has 0 aliphatic carbocycles. The molecule has 0 saturated carbocycles. The number of fused-ring (bicyclic) bond motifs is 1. The Labute approximate surface area is 178 Å². The zero-order chi connectivity index (χ0) is 20.5. The van der Waals surface area contributed by atoms with Gasteiger partial charge in [-0.1, -0.05) is 54.8 Å². The number of nitrogens with two attached hydrogens (primary N) is 1. The van der Waals surface area contributed by atoms with Gasteiger partial charge >= 0.3 is 5.97 Å². The second-order valence-corrected chi connectivity index (χ2v) is 7.61. The van der Waals surface area contributed by atoms with Gasteiger partial charge in [0.1, 0.15) is 16.6 Å². The molecule has 29 heavy (non-hydrogen) atoms. The van der Waals surface area contributed by atoms with Crippen LogP contribution in [0.4, 0.5) is 4.39 Å². The molecule has 2 aromatic carbocycles. The summed E-state index contributed by atoms with van der Waals surface area (Å²) in [6.07, 6.45) is 0.604. The molecule has 1 aromatic heterocycles. The van der Waals surface area contributed by atoms with E-state index in [1.165, 1.54) is 12.1 Å². The van der Waals surface area contributed by atoms with Gasteiger partial charge < -0.3 is 15.0 Å². The number of thiocarbonyl (C=S) groups is 2. The van der Waals surface area contributed by atoms with Gasteiger partial charge in [-0.15, -0.1) is 0 Å². The number of benzene rings is 2. The van der Waals surface area contributed by atoms with Crippen molar-refractivity contribution in [3.8, 4) is 5.75 Å². The fourth-order valence-electron chi connectivity index (χ4n) is 3.56. The molecule has 3 aromatic rings. The van der Waals surface area contributed by atoms with Gasteiger partial charge in [0.25, 0.3) is 0 Å². The standard InChI is InChI=1S/C22H17FN2O2S2/c23-17-12-14(6-7-15(17)21(24)29)27-22(26)16-10-11-25-18(16)8-9-19(25)20(28)13-4-2-1-3-5-13/h1-9,12,16H,10-11H2,(H2,24,29). The Morgan fingerprint density at radius 2 is 1.86 bits per heavy atom. The van der Waals surface area contributed by atoms with Gasteiger partial charge in [0.15, 0.2) is 0 Å². The summed E-state index contributed by atoms with van der Waals surface area (Å²) < 4.78 is 21.5. The topological polar surface area (TPSA) is 57.2 Å². The first-order chi connectivity index (χ1) is 14.0. The number of halogens is 1. The lowest BCUT2D eigenvalue weighted by Crippen LogP contribution is -2.17. The first kappa shape index (κ1) is 19.4. The average molecular weight is 425 g/mol. The van der Waals surface area contributed by atoms with E-state index in [-0.39, 0.29) is 16.3 Å². The van der Waals surface area contributed by atoms with Crippen LogP contribution in [0.25, 0.3) is 0 Å². The minimum absolute atomic E-state index is 0.0455. The minimum Gasteiger partial charge on any atom is -0.426 e. The maximum Gasteiger partial charge on any atom is 0.320 e. The third-order valence-corrected chi connectivity index (χ3v) is 5.66. The van der Waals surface area contributed by atoms with Crippen LogP contribution in [0, 0.1) is 5.82 Å². The van der Waals surface area contributed by atoms with Crippen molar-refractivity contribution in [1.29, 1.82) is 0 Å². The molecule has 0 bridgehead atoms. The molecule has 1 unspecified atom stereocenters. The van der Waals surface area contributed by atoms with Crippen molar-refractivity contribution < 1.29 is 13.9 Å². The highest BCUT2D eigenvalue weighted by molar-refractivity contribution is 7.81. The lowest BCUT2D eigenvalue weighted by Gasteiger charge is -2.11. The molecule has 2 N–H and O–H groups in total. The van der Waals surface area contributed by atoms with Gasteiger partial charge in [-0.3, -0.25) is 4.79 Å². The Kier molecular flexibility index (Phi) is 5.25. The van der Waals surface area contributed by atoms with Crippen LogP contribution in [0.15, 0.2) is 60.7 Å². The van der Waals surface area contributed by atoms with Gasteiger partial charge in [-0.05, 0) is 36.2 Å². The van der Waals surface area contributed by atoms with Crippen molar-refractivity contribution >= 4 is 40.3 Å². The Bertz CT molecular complexity index is 1130. The highest BCUT2D eigenvalue weighted by atomic mass is 32.1. The van der Waals surface area contributed by atoms with Crippen LogP contribution in [0.5, 0.6) is 5.75 Å². The summed E-state index contributed by atoms with van der Waals surface area (Å²) in [5, 5.41) is 0. The number of esters is 1. The van der Waals surface area contributed by atoms with Crippen LogP contribution < -0.4 is 10.5 Å². The maximum atomic E-state index is 14.0. The quantitative estimate of drug-likeness (QED) is 0.289. The molecule has 0 saturated heterocycles. The van der Waals surface area contributed by atoms with Crippen LogP contribution in [0.1, 0.15) is 34.9 Å². The lowest BCUT2D eigenvalue weighted by molar-refractivity contribution is -0.136. The average Bonchev–Trinajstić information content (AvgIpc) is 3.30. The monoisotopic (exact) mass is 424 g/mol. The molecule has 146 valence electrons. The molecular weight excluding hydrogens is 407 g/mol. The van der Waals surface area contributed by atoms with Gasteiger partial charge in [-0.2, -0.15) is 0 Å². The third-order valence-electron chi connectivity index (χ3n) is 4.99. The second kappa shape index (κ2) is 7.85. The van der Waals surface area contributed by atoms with E-state index in [1.54, 1.807) is 0 Å². The molecule has 0 radical (unpaired) electrons. The van der Waals surface area contributed by atoms with Gasteiger partial charge in [0.2, 0.25) is 0 Å². The van der Waals surface area contributed by atoms with Crippen molar-refractivity contribution in [2.75, 3.05) is 0 Å². The number of aromatic nitrogens is 1. The SMILES string of the molecule is NC(=S)c1ccc(OC(=O)C2CCn3c(C(=S)c4ccccc4)ccc32)cc1F. The zero-order valence-electron chi connectivity index (χ0n) is 15.3. The normalized spacial score (nSPS) is 15.0. The largest absolute Gasteiger partial charge is 0.426 e. The number of carbonyl (C=O) groups is 1. The molecule has 7 heteroatoms. The molecule has 1 aliphatic heterocycles. The second-order valence-electron chi connectivity index (χ2n) is 6.76. The molecule has 2 heterocycles. The highest BCUT2D eigenvalue weighted by Crippen LogP contribution is 2.33. The van der Waals surface area contributed by atoms with E-state index in [1.807, 2.05) is 42.5 Å². The van der Waals surface area contributed by atoms with E-state index >= 15 is 0 Å². The van der Waals surface area contributed by atoms with Crippen molar-refractivity contribution in [2.24, 2.45) is 5.73 Å². The predicted molar refractivity (Wildman–Crippen MR) is 117 cm³/mol. The predicted octanol–water partition coefficient (Wildman–Crippen LogP) is 4.12. The summed E-state index contributed by atoms with van der Waals surface area (Å²) in [6, 6.07) is 17.6. The van der Waals surface area contributed by atoms with E-state index in [0.29, 0.717) is 13.0 Å².